The molecule has 0 rings (SSSR count). The average molecular weight is 447 g/mol. The molecule has 10 N–H and O–H groups in total. The lowest BCUT2D eigenvalue weighted by atomic mass is 9.98. The van der Waals surface area contributed by atoms with Crippen LogP contribution in [-0.2, 0) is 28.8 Å². The molecular weight excluding hydrogens is 418 g/mol. The van der Waals surface area contributed by atoms with Crippen molar-refractivity contribution in [3.8, 4) is 0 Å². The van der Waals surface area contributed by atoms with Gasteiger partial charge in [0, 0.05) is 0 Å². The van der Waals surface area contributed by atoms with Gasteiger partial charge in [-0.3, -0.25) is 24.0 Å². The number of hydrogen-bond acceptors (Lipinski definition) is 8. The summed E-state index contributed by atoms with van der Waals surface area (Å²) in [7, 11) is 0. The summed E-state index contributed by atoms with van der Waals surface area (Å²) in [6.07, 6.45) is -1.00. The molecule has 0 radical (unpaired) electrons. The van der Waals surface area contributed by atoms with Crippen molar-refractivity contribution in [2.75, 3.05) is 6.61 Å². The Hall–Kier alpha value is -3.26. The van der Waals surface area contributed by atoms with Gasteiger partial charge in [-0.1, -0.05) is 20.3 Å². The van der Waals surface area contributed by atoms with Crippen LogP contribution in [0, 0.1) is 5.92 Å². The first-order chi connectivity index (χ1) is 14.3. The Balaban J connectivity index is 5.34. The zero-order chi connectivity index (χ0) is 24.3. The largest absolute Gasteiger partial charge is 0.481 e. The van der Waals surface area contributed by atoms with Crippen LogP contribution in [0.15, 0.2) is 0 Å². The first kappa shape index (κ1) is 27.7. The molecule has 0 aliphatic rings. The van der Waals surface area contributed by atoms with E-state index in [1.165, 1.54) is 0 Å². The number of carboxylic acids is 2. The van der Waals surface area contributed by atoms with Gasteiger partial charge in [-0.2, -0.15) is 0 Å². The topological polar surface area (TPSA) is 251 Å². The number of amides is 4. The van der Waals surface area contributed by atoms with Crippen LogP contribution in [0.4, 0.5) is 0 Å². The second-order valence-electron chi connectivity index (χ2n) is 6.89. The number of nitrogens with two attached hydrogens (primary N) is 2. The van der Waals surface area contributed by atoms with Crippen molar-refractivity contribution in [2.24, 2.45) is 17.4 Å². The molecule has 31 heavy (non-hydrogen) atoms. The fourth-order valence-corrected chi connectivity index (χ4v) is 2.37. The van der Waals surface area contributed by atoms with Gasteiger partial charge in [0.1, 0.15) is 18.1 Å². The van der Waals surface area contributed by atoms with Crippen LogP contribution in [0.5, 0.6) is 0 Å². The summed E-state index contributed by atoms with van der Waals surface area (Å²) >= 11 is 0. The van der Waals surface area contributed by atoms with Crippen molar-refractivity contribution in [1.29, 1.82) is 0 Å². The summed E-state index contributed by atoms with van der Waals surface area (Å²) in [6.45, 7) is 2.35. The van der Waals surface area contributed by atoms with Crippen LogP contribution < -0.4 is 27.4 Å². The van der Waals surface area contributed by atoms with Gasteiger partial charge in [-0.15, -0.1) is 0 Å². The van der Waals surface area contributed by atoms with E-state index in [1.807, 2.05) is 5.32 Å². The van der Waals surface area contributed by atoms with Crippen LogP contribution in [0.1, 0.15) is 33.1 Å². The molecule has 14 heteroatoms. The Labute approximate surface area is 177 Å². The monoisotopic (exact) mass is 447 g/mol. The van der Waals surface area contributed by atoms with Crippen LogP contribution >= 0.6 is 0 Å². The summed E-state index contributed by atoms with van der Waals surface area (Å²) in [5, 5.41) is 33.6. The van der Waals surface area contributed by atoms with Gasteiger partial charge in [0.05, 0.1) is 25.5 Å². The first-order valence-electron chi connectivity index (χ1n) is 9.34. The molecule has 176 valence electrons. The molecule has 5 atom stereocenters. The number of carboxylic acid groups (broad SMARTS) is 2. The maximum atomic E-state index is 12.5. The van der Waals surface area contributed by atoms with Gasteiger partial charge in [-0.05, 0) is 5.92 Å². The minimum atomic E-state index is -1.62. The van der Waals surface area contributed by atoms with Crippen molar-refractivity contribution in [3.63, 3.8) is 0 Å². The Morgan fingerprint density at radius 2 is 1.39 bits per heavy atom. The maximum Gasteiger partial charge on any atom is 0.326 e. The van der Waals surface area contributed by atoms with E-state index in [4.69, 9.17) is 16.6 Å². The highest BCUT2D eigenvalue weighted by Gasteiger charge is 2.32. The quantitative estimate of drug-likeness (QED) is 0.129. The number of aliphatic hydroxyl groups excluding tert-OH is 1. The zero-order valence-electron chi connectivity index (χ0n) is 17.2. The number of carbonyl (C=O) groups is 6. The van der Waals surface area contributed by atoms with Crippen LogP contribution in [0.3, 0.4) is 0 Å². The molecule has 0 saturated carbocycles. The predicted molar refractivity (Wildman–Crippen MR) is 104 cm³/mol. The number of rotatable bonds is 14. The minimum absolute atomic E-state index is 0.416. The van der Waals surface area contributed by atoms with E-state index in [9.17, 15) is 39.0 Å². The van der Waals surface area contributed by atoms with E-state index in [0.29, 0.717) is 6.42 Å². The van der Waals surface area contributed by atoms with Crippen LogP contribution in [0.2, 0.25) is 0 Å². The van der Waals surface area contributed by atoms with Crippen molar-refractivity contribution < 1.29 is 44.1 Å². The number of hydrogen-bond donors (Lipinski definition) is 8. The molecular formula is C17H29N5O9. The number of aliphatic carboxylic acids is 2. The first-order valence-corrected chi connectivity index (χ1v) is 9.34. The summed E-state index contributed by atoms with van der Waals surface area (Å²) in [5.74, 6) is -7.29. The minimum Gasteiger partial charge on any atom is -0.481 e. The normalized spacial score (nSPS) is 15.5. The maximum absolute atomic E-state index is 12.5. The van der Waals surface area contributed by atoms with Gasteiger partial charge in [0.15, 0.2) is 0 Å². The molecule has 4 amide bonds. The third-order valence-electron chi connectivity index (χ3n) is 4.36. The molecule has 0 aliphatic carbocycles. The van der Waals surface area contributed by atoms with Gasteiger partial charge in [0.25, 0.3) is 0 Å². The molecule has 0 fully saturated rings. The predicted octanol–water partition coefficient (Wildman–Crippen LogP) is -3.76. The molecule has 0 aliphatic heterocycles. The molecule has 0 spiro atoms. The van der Waals surface area contributed by atoms with Gasteiger partial charge in [0.2, 0.25) is 23.6 Å². The van der Waals surface area contributed by atoms with Gasteiger partial charge >= 0.3 is 11.9 Å². The number of carbonyl (C=O) groups excluding carboxylic acids is 4. The molecule has 0 bridgehead atoms. The fourth-order valence-electron chi connectivity index (χ4n) is 2.37. The molecule has 0 saturated heterocycles. The van der Waals surface area contributed by atoms with Crippen molar-refractivity contribution in [1.82, 2.24) is 16.0 Å². The lowest BCUT2D eigenvalue weighted by Gasteiger charge is -2.25. The van der Waals surface area contributed by atoms with Crippen LogP contribution in [-0.4, -0.2) is 81.7 Å². The summed E-state index contributed by atoms with van der Waals surface area (Å²) < 4.78 is 0. The second kappa shape index (κ2) is 13.1. The Kier molecular flexibility index (Phi) is 11.7. The van der Waals surface area contributed by atoms with Crippen molar-refractivity contribution in [2.45, 2.75) is 57.3 Å². The Morgan fingerprint density at radius 3 is 1.81 bits per heavy atom. The Morgan fingerprint density at radius 1 is 0.871 bits per heavy atom. The highest BCUT2D eigenvalue weighted by atomic mass is 16.4. The number of aliphatic hydroxyl groups is 1. The van der Waals surface area contributed by atoms with Gasteiger partial charge in [-0.25, -0.2) is 4.79 Å². The lowest BCUT2D eigenvalue weighted by Crippen LogP contribution is -2.59. The highest BCUT2D eigenvalue weighted by molar-refractivity contribution is 5.96. The van der Waals surface area contributed by atoms with E-state index in [2.05, 4.69) is 10.6 Å². The molecule has 0 aromatic rings. The average Bonchev–Trinajstić information content (AvgIpc) is 2.67. The second-order valence-corrected chi connectivity index (χ2v) is 6.89. The smallest absolute Gasteiger partial charge is 0.326 e. The number of nitrogens with one attached hydrogen (secondary N) is 3. The van der Waals surface area contributed by atoms with E-state index in [1.54, 1.807) is 13.8 Å². The van der Waals surface area contributed by atoms with Gasteiger partial charge < -0.3 is 42.7 Å². The SMILES string of the molecule is CCC(C)C(NC(=O)C(CC(N)=O)NC(=O)C(CO)NC(=O)C(N)CC(=O)O)C(=O)O. The van der Waals surface area contributed by atoms with Crippen molar-refractivity contribution >= 4 is 35.6 Å². The van der Waals surface area contributed by atoms with E-state index >= 15 is 0 Å². The molecule has 5 unspecified atom stereocenters. The molecule has 14 nitrogen and oxygen atoms in total. The Bertz CT molecular complexity index is 699. The summed E-state index contributed by atoms with van der Waals surface area (Å²) in [6, 6.07) is -6.02. The molecule has 0 heterocycles. The molecule has 0 aromatic heterocycles. The fraction of sp³-hybridized carbons (Fsp3) is 0.647. The third-order valence-corrected chi connectivity index (χ3v) is 4.36. The molecule has 0 aromatic carbocycles. The van der Waals surface area contributed by atoms with Crippen LogP contribution in [0.25, 0.3) is 0 Å². The standard InChI is InChI=1S/C17H29N5O9/c1-3-7(2)13(17(30)31)22-15(28)9(5-11(19)24)20-16(29)10(6-23)21-14(27)8(18)4-12(25)26/h7-10,13,23H,3-6,18H2,1-2H3,(H2,19,24)(H,20,29)(H,21,27)(H,22,28)(H,25,26)(H,30,31). The highest BCUT2D eigenvalue weighted by Crippen LogP contribution is 2.09. The lowest BCUT2D eigenvalue weighted by molar-refractivity contribution is -0.144. The summed E-state index contributed by atoms with van der Waals surface area (Å²) in [4.78, 5) is 70.0. The number of primary amides is 1. The zero-order valence-corrected chi connectivity index (χ0v) is 17.2. The van der Waals surface area contributed by atoms with E-state index < -0.39 is 85.1 Å². The summed E-state index contributed by atoms with van der Waals surface area (Å²) in [5.41, 5.74) is 10.5. The third kappa shape index (κ3) is 9.86. The van der Waals surface area contributed by atoms with E-state index in [-0.39, 0.29) is 0 Å². The van der Waals surface area contributed by atoms with E-state index in [0.717, 1.165) is 0 Å². The van der Waals surface area contributed by atoms with Crippen molar-refractivity contribution in [3.05, 3.63) is 0 Å².